The van der Waals surface area contributed by atoms with Crippen molar-refractivity contribution in [2.45, 2.75) is 25.8 Å². The van der Waals surface area contributed by atoms with E-state index in [4.69, 9.17) is 22.1 Å². The first-order chi connectivity index (χ1) is 13.1. The maximum absolute atomic E-state index is 6.44. The quantitative estimate of drug-likeness (QED) is 0.432. The predicted molar refractivity (Wildman–Crippen MR) is 112 cm³/mol. The van der Waals surface area contributed by atoms with Crippen molar-refractivity contribution in [3.05, 3.63) is 59.8 Å². The van der Waals surface area contributed by atoms with Crippen molar-refractivity contribution >= 4 is 33.4 Å². The van der Waals surface area contributed by atoms with Gasteiger partial charge in [0.05, 0.1) is 5.52 Å². The van der Waals surface area contributed by atoms with E-state index in [1.165, 1.54) is 0 Å². The number of H-pyrrole nitrogens is 1. The molecule has 0 aliphatic heterocycles. The van der Waals surface area contributed by atoms with E-state index in [0.29, 0.717) is 11.8 Å². The molecule has 0 bridgehead atoms. The smallest absolute Gasteiger partial charge is 0.139 e. The van der Waals surface area contributed by atoms with Gasteiger partial charge >= 0.3 is 0 Å². The molecule has 5 heteroatoms. The summed E-state index contributed by atoms with van der Waals surface area (Å²) in [6.45, 7) is 2.65. The lowest BCUT2D eigenvalue weighted by Crippen LogP contribution is -2.27. The van der Waals surface area contributed by atoms with Gasteiger partial charge in [0.15, 0.2) is 0 Å². The lowest BCUT2D eigenvalue weighted by Gasteiger charge is -2.12. The second kappa shape index (κ2) is 7.59. The first-order valence-corrected chi connectivity index (χ1v) is 9.58. The van der Waals surface area contributed by atoms with Crippen LogP contribution < -0.4 is 10.5 Å². The Morgan fingerprint density at radius 1 is 1.11 bits per heavy atom. The molecule has 138 valence electrons. The van der Waals surface area contributed by atoms with Crippen LogP contribution in [-0.4, -0.2) is 22.6 Å². The van der Waals surface area contributed by atoms with Crippen molar-refractivity contribution in [3.8, 4) is 17.0 Å². The van der Waals surface area contributed by atoms with Crippen LogP contribution in [0.5, 0.6) is 5.75 Å². The number of nitrogens with zero attached hydrogens (tertiary/aromatic N) is 1. The second-order valence-electron chi connectivity index (χ2n) is 6.81. The number of benzene rings is 2. The molecule has 2 heterocycles. The molecule has 0 fully saturated rings. The number of nitrogens with one attached hydrogen (secondary N) is 1. The number of aromatic nitrogens is 2. The SMILES string of the molecule is CCCC(N)COc1ccc2[nH]c(-c3cc4ccccc4nc3Cl)cc2c1. The van der Waals surface area contributed by atoms with Crippen LogP contribution in [0.4, 0.5) is 0 Å². The van der Waals surface area contributed by atoms with E-state index >= 15 is 0 Å². The molecule has 0 aliphatic carbocycles. The number of fused-ring (bicyclic) bond motifs is 2. The molecule has 4 nitrogen and oxygen atoms in total. The number of rotatable bonds is 6. The van der Waals surface area contributed by atoms with Gasteiger partial charge in [-0.3, -0.25) is 0 Å². The third-order valence-electron chi connectivity index (χ3n) is 4.68. The number of pyridine rings is 1. The van der Waals surface area contributed by atoms with Crippen LogP contribution in [0.25, 0.3) is 33.1 Å². The average molecular weight is 380 g/mol. The summed E-state index contributed by atoms with van der Waals surface area (Å²) in [5.74, 6) is 0.822. The van der Waals surface area contributed by atoms with Crippen LogP contribution in [-0.2, 0) is 0 Å². The molecule has 4 rings (SSSR count). The van der Waals surface area contributed by atoms with Crippen molar-refractivity contribution in [2.24, 2.45) is 5.73 Å². The first kappa shape index (κ1) is 17.8. The summed E-state index contributed by atoms with van der Waals surface area (Å²) >= 11 is 6.44. The van der Waals surface area contributed by atoms with Crippen LogP contribution in [0.3, 0.4) is 0 Å². The second-order valence-corrected chi connectivity index (χ2v) is 7.17. The molecular weight excluding hydrogens is 358 g/mol. The Bertz CT molecular complexity index is 1090. The molecule has 0 spiro atoms. The Balaban J connectivity index is 1.65. The zero-order valence-corrected chi connectivity index (χ0v) is 16.0. The van der Waals surface area contributed by atoms with E-state index in [1.807, 2.05) is 42.5 Å². The van der Waals surface area contributed by atoms with Crippen molar-refractivity contribution in [2.75, 3.05) is 6.61 Å². The Kier molecular flexibility index (Phi) is 5.01. The highest BCUT2D eigenvalue weighted by Crippen LogP contribution is 2.32. The Labute approximate surface area is 163 Å². The zero-order chi connectivity index (χ0) is 18.8. The fourth-order valence-corrected chi connectivity index (χ4v) is 3.53. The van der Waals surface area contributed by atoms with Gasteiger partial charge in [0.2, 0.25) is 0 Å². The van der Waals surface area contributed by atoms with Gasteiger partial charge in [0.25, 0.3) is 0 Å². The summed E-state index contributed by atoms with van der Waals surface area (Å²) < 4.78 is 5.85. The molecule has 27 heavy (non-hydrogen) atoms. The van der Waals surface area contributed by atoms with E-state index in [2.05, 4.69) is 29.0 Å². The Hall–Kier alpha value is -2.56. The normalized spacial score (nSPS) is 12.6. The standard InChI is InChI=1S/C22H22ClN3O/c1-2-5-16(24)13-27-17-8-9-20-15(10-17)12-21(25-20)18-11-14-6-3-4-7-19(14)26-22(18)23/h3-4,6-12,16,25H,2,5,13,24H2,1H3. The topological polar surface area (TPSA) is 63.9 Å². The van der Waals surface area contributed by atoms with Gasteiger partial charge in [-0.1, -0.05) is 43.1 Å². The van der Waals surface area contributed by atoms with Crippen LogP contribution in [0.1, 0.15) is 19.8 Å². The van der Waals surface area contributed by atoms with Gasteiger partial charge < -0.3 is 15.5 Å². The highest BCUT2D eigenvalue weighted by molar-refractivity contribution is 6.32. The van der Waals surface area contributed by atoms with Crippen molar-refractivity contribution < 1.29 is 4.74 Å². The molecule has 3 N–H and O–H groups in total. The highest BCUT2D eigenvalue weighted by Gasteiger charge is 2.11. The Morgan fingerprint density at radius 3 is 2.81 bits per heavy atom. The molecule has 4 aromatic rings. The summed E-state index contributed by atoms with van der Waals surface area (Å²) in [5, 5.41) is 2.61. The monoisotopic (exact) mass is 379 g/mol. The summed E-state index contributed by atoms with van der Waals surface area (Å²) in [7, 11) is 0. The van der Waals surface area contributed by atoms with Gasteiger partial charge in [-0.05, 0) is 42.8 Å². The average Bonchev–Trinajstić information content (AvgIpc) is 3.09. The molecule has 1 atom stereocenters. The van der Waals surface area contributed by atoms with Crippen molar-refractivity contribution in [3.63, 3.8) is 0 Å². The molecule has 2 aromatic heterocycles. The maximum atomic E-state index is 6.44. The van der Waals surface area contributed by atoms with E-state index in [1.54, 1.807) is 0 Å². The fourth-order valence-electron chi connectivity index (χ4n) is 3.28. The predicted octanol–water partition coefficient (Wildman–Crippen LogP) is 5.54. The minimum atomic E-state index is 0.0648. The molecule has 0 aliphatic rings. The van der Waals surface area contributed by atoms with Gasteiger partial charge in [-0.25, -0.2) is 4.98 Å². The lowest BCUT2D eigenvalue weighted by molar-refractivity contribution is 0.282. The number of nitrogens with two attached hydrogens (primary N) is 1. The fraction of sp³-hybridized carbons (Fsp3) is 0.227. The molecule has 1 unspecified atom stereocenters. The van der Waals surface area contributed by atoms with Gasteiger partial charge in [-0.2, -0.15) is 0 Å². The van der Waals surface area contributed by atoms with Crippen LogP contribution in [0.15, 0.2) is 54.6 Å². The molecule has 0 radical (unpaired) electrons. The molecule has 2 aromatic carbocycles. The summed E-state index contributed by atoms with van der Waals surface area (Å²) in [6, 6.07) is 18.2. The minimum Gasteiger partial charge on any atom is -0.492 e. The highest BCUT2D eigenvalue weighted by atomic mass is 35.5. The van der Waals surface area contributed by atoms with E-state index in [9.17, 15) is 0 Å². The van der Waals surface area contributed by atoms with Crippen molar-refractivity contribution in [1.82, 2.24) is 9.97 Å². The number of hydrogen-bond acceptors (Lipinski definition) is 3. The number of hydrogen-bond donors (Lipinski definition) is 2. The summed E-state index contributed by atoms with van der Waals surface area (Å²) in [6.07, 6.45) is 2.02. The molecule has 0 saturated heterocycles. The van der Waals surface area contributed by atoms with E-state index in [0.717, 1.165) is 51.7 Å². The van der Waals surface area contributed by atoms with Crippen LogP contribution in [0, 0.1) is 0 Å². The van der Waals surface area contributed by atoms with E-state index in [-0.39, 0.29) is 6.04 Å². The first-order valence-electron chi connectivity index (χ1n) is 9.21. The molecule has 0 amide bonds. The third kappa shape index (κ3) is 3.77. The number of halogens is 1. The third-order valence-corrected chi connectivity index (χ3v) is 4.97. The lowest BCUT2D eigenvalue weighted by atomic mass is 10.1. The van der Waals surface area contributed by atoms with Crippen molar-refractivity contribution in [1.29, 1.82) is 0 Å². The summed E-state index contributed by atoms with van der Waals surface area (Å²) in [5.41, 5.74) is 9.78. The molecule has 0 saturated carbocycles. The number of ether oxygens (including phenoxy) is 1. The van der Waals surface area contributed by atoms with Crippen LogP contribution in [0.2, 0.25) is 5.15 Å². The van der Waals surface area contributed by atoms with Gasteiger partial charge in [0.1, 0.15) is 17.5 Å². The van der Waals surface area contributed by atoms with Crippen LogP contribution >= 0.6 is 11.6 Å². The zero-order valence-electron chi connectivity index (χ0n) is 15.2. The molecular formula is C22H22ClN3O. The largest absolute Gasteiger partial charge is 0.492 e. The number of para-hydroxylation sites is 1. The maximum Gasteiger partial charge on any atom is 0.139 e. The van der Waals surface area contributed by atoms with Gasteiger partial charge in [0, 0.05) is 33.6 Å². The van der Waals surface area contributed by atoms with Gasteiger partial charge in [-0.15, -0.1) is 0 Å². The number of aromatic amines is 1. The van der Waals surface area contributed by atoms with E-state index < -0.39 is 0 Å². The minimum absolute atomic E-state index is 0.0648. The Morgan fingerprint density at radius 2 is 1.96 bits per heavy atom. The summed E-state index contributed by atoms with van der Waals surface area (Å²) in [4.78, 5) is 7.94.